The van der Waals surface area contributed by atoms with E-state index in [4.69, 9.17) is 9.47 Å². The predicted octanol–water partition coefficient (Wildman–Crippen LogP) is 8.12. The highest BCUT2D eigenvalue weighted by Gasteiger charge is 2.39. The van der Waals surface area contributed by atoms with Crippen molar-refractivity contribution in [2.24, 2.45) is 11.8 Å². The van der Waals surface area contributed by atoms with Gasteiger partial charge in [-0.2, -0.15) is 0 Å². The van der Waals surface area contributed by atoms with E-state index in [2.05, 4.69) is 41.4 Å². The van der Waals surface area contributed by atoms with Crippen LogP contribution in [0.4, 0.5) is 4.79 Å². The SMILES string of the molecule is COC(=O)Cl.C[C@H](C(=O)NCc1ccc(OC2CCN(CC3CC3)CC2)nc1)c1ccccc1.O=C1C[C@H](c2ccccc2)C(=O)N1Cc1ccc(OC2CCN(CC3CC3)CC2)nc1. The van der Waals surface area contributed by atoms with Gasteiger partial charge in [0.25, 0.3) is 0 Å². The number of hydrogen-bond donors (Lipinski definition) is 1. The quantitative estimate of drug-likeness (QED) is 0.0913. The molecule has 0 bridgehead atoms. The summed E-state index contributed by atoms with van der Waals surface area (Å²) in [6.07, 6.45) is 14.1. The Labute approximate surface area is 388 Å². The number of aromatic nitrogens is 2. The standard InChI is InChI=1S/C25H29N3O3.C24H31N3O2.C2H3ClO2/c29-24-14-22(20-4-2-1-3-5-20)25(30)28(24)17-19-8-9-23(26-15-19)31-21-10-12-27(13-11-21)16-18-6-7-18;1-18(21-5-3-2-4-6-21)24(28)26-16-20-9-10-23(25-15-20)29-22-11-13-27(14-12-22)17-19-7-8-19;1-5-2(3)4/h1-5,8-9,15,18,21-22H,6-7,10-14,16-17H2;2-6,9-10,15,18-19,22H,7-8,11-14,16-17H2,1H3,(H,26,28);1H3/t22-;18-;/m10./s1. The van der Waals surface area contributed by atoms with Gasteiger partial charge in [0.1, 0.15) is 12.2 Å². The molecular formula is C51H63ClN6O7. The molecule has 1 N–H and O–H groups in total. The number of benzene rings is 2. The van der Waals surface area contributed by atoms with Gasteiger partial charge in [-0.05, 0) is 92.4 Å². The van der Waals surface area contributed by atoms with Crippen LogP contribution in [0.15, 0.2) is 97.3 Å². The maximum absolute atomic E-state index is 12.8. The van der Waals surface area contributed by atoms with Gasteiger partial charge in [0, 0.05) is 88.4 Å². The summed E-state index contributed by atoms with van der Waals surface area (Å²) in [4.78, 5) is 62.4. The number of rotatable bonds is 15. The number of amides is 3. The molecule has 346 valence electrons. The van der Waals surface area contributed by atoms with Crippen LogP contribution in [0.1, 0.15) is 98.8 Å². The van der Waals surface area contributed by atoms with Crippen molar-refractivity contribution < 1.29 is 33.4 Å². The second-order valence-electron chi connectivity index (χ2n) is 17.9. The van der Waals surface area contributed by atoms with Crippen molar-refractivity contribution in [3.63, 3.8) is 0 Å². The lowest BCUT2D eigenvalue weighted by Crippen LogP contribution is -2.39. The van der Waals surface area contributed by atoms with Crippen LogP contribution in [0, 0.1) is 11.8 Å². The van der Waals surface area contributed by atoms with Crippen LogP contribution < -0.4 is 14.8 Å². The minimum absolute atomic E-state index is 0.0227. The molecule has 0 unspecified atom stereocenters. The molecule has 14 heteroatoms. The zero-order chi connectivity index (χ0) is 45.5. The Balaban J connectivity index is 0.000000176. The average Bonchev–Trinajstić information content (AvgIpc) is 4.30. The van der Waals surface area contributed by atoms with Crippen molar-refractivity contribution in [3.05, 3.63) is 120 Å². The summed E-state index contributed by atoms with van der Waals surface area (Å²) in [6, 6.07) is 27.0. The molecule has 13 nitrogen and oxygen atoms in total. The maximum Gasteiger partial charge on any atom is 0.403 e. The fourth-order valence-electron chi connectivity index (χ4n) is 8.46. The second-order valence-corrected chi connectivity index (χ2v) is 18.2. The summed E-state index contributed by atoms with van der Waals surface area (Å²) in [5.74, 6) is 2.40. The number of carbonyl (C=O) groups is 4. The first-order valence-electron chi connectivity index (χ1n) is 23.2. The smallest absolute Gasteiger partial charge is 0.403 e. The number of imide groups is 1. The molecule has 2 atom stereocenters. The number of ether oxygens (including phenoxy) is 3. The first-order valence-corrected chi connectivity index (χ1v) is 23.6. The third-order valence-corrected chi connectivity index (χ3v) is 12.9. The third kappa shape index (κ3) is 15.1. The van der Waals surface area contributed by atoms with E-state index in [-0.39, 0.29) is 54.7 Å². The molecule has 3 amide bonds. The van der Waals surface area contributed by atoms with Gasteiger partial charge in [-0.1, -0.05) is 72.8 Å². The first-order chi connectivity index (χ1) is 31.6. The molecule has 0 radical (unpaired) electrons. The lowest BCUT2D eigenvalue weighted by Gasteiger charge is -2.31. The monoisotopic (exact) mass is 906 g/mol. The highest BCUT2D eigenvalue weighted by molar-refractivity contribution is 6.61. The van der Waals surface area contributed by atoms with Gasteiger partial charge in [0.15, 0.2) is 0 Å². The van der Waals surface area contributed by atoms with E-state index >= 15 is 0 Å². The molecule has 3 aliphatic heterocycles. The fourth-order valence-corrected chi connectivity index (χ4v) is 8.46. The number of pyridine rings is 2. The first kappa shape index (κ1) is 47.6. The predicted molar refractivity (Wildman–Crippen MR) is 248 cm³/mol. The number of nitrogens with one attached hydrogen (secondary N) is 1. The van der Waals surface area contributed by atoms with Gasteiger partial charge in [-0.25, -0.2) is 14.8 Å². The Kier molecular flexibility index (Phi) is 17.4. The van der Waals surface area contributed by atoms with Gasteiger partial charge >= 0.3 is 5.43 Å². The van der Waals surface area contributed by atoms with Gasteiger partial charge < -0.3 is 29.3 Å². The lowest BCUT2D eigenvalue weighted by molar-refractivity contribution is -0.139. The number of hydrogen-bond acceptors (Lipinski definition) is 11. The molecule has 2 aromatic carbocycles. The number of methoxy groups -OCH3 is 1. The molecule has 0 spiro atoms. The van der Waals surface area contributed by atoms with E-state index in [1.165, 1.54) is 50.8 Å². The minimum Gasteiger partial charge on any atom is -0.474 e. The number of halogens is 1. The van der Waals surface area contributed by atoms with Crippen molar-refractivity contribution >= 4 is 34.8 Å². The van der Waals surface area contributed by atoms with Crippen molar-refractivity contribution in [1.29, 1.82) is 0 Å². The third-order valence-electron chi connectivity index (χ3n) is 12.8. The van der Waals surface area contributed by atoms with Gasteiger partial charge in [-0.15, -0.1) is 0 Å². The van der Waals surface area contributed by atoms with Crippen molar-refractivity contribution in [3.8, 4) is 11.8 Å². The van der Waals surface area contributed by atoms with Gasteiger partial charge in [0.2, 0.25) is 29.5 Å². The topological polar surface area (TPSA) is 144 Å². The Morgan fingerprint density at radius 2 is 1.20 bits per heavy atom. The zero-order valence-electron chi connectivity index (χ0n) is 37.7. The van der Waals surface area contributed by atoms with Crippen LogP contribution in [-0.4, -0.2) is 106 Å². The summed E-state index contributed by atoms with van der Waals surface area (Å²) in [7, 11) is 1.22. The minimum atomic E-state index is -0.773. The highest BCUT2D eigenvalue weighted by Crippen LogP contribution is 2.33. The van der Waals surface area contributed by atoms with E-state index in [1.54, 1.807) is 12.4 Å². The molecule has 2 aliphatic carbocycles. The normalized spacial score (nSPS) is 19.9. The van der Waals surface area contributed by atoms with Crippen molar-refractivity contribution in [2.75, 3.05) is 46.4 Å². The molecule has 9 rings (SSSR count). The number of nitrogens with zero attached hydrogens (tertiary/aromatic N) is 5. The largest absolute Gasteiger partial charge is 0.474 e. The maximum atomic E-state index is 12.8. The van der Waals surface area contributed by atoms with Gasteiger partial charge in [-0.3, -0.25) is 19.3 Å². The second kappa shape index (κ2) is 23.7. The van der Waals surface area contributed by atoms with E-state index in [9.17, 15) is 19.2 Å². The molecule has 4 aromatic rings. The van der Waals surface area contributed by atoms with E-state index in [1.807, 2.05) is 91.9 Å². The molecule has 5 heterocycles. The molecule has 3 saturated heterocycles. The molecule has 65 heavy (non-hydrogen) atoms. The van der Waals surface area contributed by atoms with Crippen LogP contribution >= 0.6 is 11.6 Å². The summed E-state index contributed by atoms with van der Waals surface area (Å²) in [5.41, 5.74) is 2.96. The number of carbonyl (C=O) groups excluding carboxylic acids is 4. The Hall–Kier alpha value is -5.37. The van der Waals surface area contributed by atoms with Crippen LogP contribution in [0.3, 0.4) is 0 Å². The summed E-state index contributed by atoms with van der Waals surface area (Å²) in [6.45, 7) is 9.64. The van der Waals surface area contributed by atoms with Crippen LogP contribution in [0.2, 0.25) is 0 Å². The highest BCUT2D eigenvalue weighted by atomic mass is 35.5. The van der Waals surface area contributed by atoms with Crippen LogP contribution in [0.25, 0.3) is 0 Å². The summed E-state index contributed by atoms with van der Waals surface area (Å²) >= 11 is 4.60. The van der Waals surface area contributed by atoms with E-state index < -0.39 is 5.43 Å². The van der Waals surface area contributed by atoms with Crippen LogP contribution in [0.5, 0.6) is 11.8 Å². The summed E-state index contributed by atoms with van der Waals surface area (Å²) < 4.78 is 16.0. The Bertz CT molecular complexity index is 2120. The molecule has 2 aromatic heterocycles. The van der Waals surface area contributed by atoms with Crippen molar-refractivity contribution in [2.45, 2.75) is 102 Å². The van der Waals surface area contributed by atoms with E-state index in [0.29, 0.717) is 18.3 Å². The van der Waals surface area contributed by atoms with E-state index in [0.717, 1.165) is 86.0 Å². The number of likely N-dealkylation sites (tertiary alicyclic amines) is 3. The lowest BCUT2D eigenvalue weighted by atomic mass is 9.98. The molecule has 5 aliphatic rings. The Morgan fingerprint density at radius 3 is 1.66 bits per heavy atom. The zero-order valence-corrected chi connectivity index (χ0v) is 38.5. The summed E-state index contributed by atoms with van der Waals surface area (Å²) in [5, 5.41) is 3.00. The molecule has 2 saturated carbocycles. The average molecular weight is 908 g/mol. The molecule has 5 fully saturated rings. The van der Waals surface area contributed by atoms with Crippen molar-refractivity contribution in [1.82, 2.24) is 30.0 Å². The van der Waals surface area contributed by atoms with Crippen LogP contribution in [-0.2, 0) is 32.2 Å². The number of piperidine rings is 2. The Morgan fingerprint density at radius 1 is 0.708 bits per heavy atom. The van der Waals surface area contributed by atoms with Gasteiger partial charge in [0.05, 0.1) is 25.5 Å². The molecular weight excluding hydrogens is 844 g/mol. The fraction of sp³-hybridized carbons (Fsp3) is 0.490.